The quantitative estimate of drug-likeness (QED) is 0.322. The number of benzene rings is 1. The molecule has 0 aliphatic carbocycles. The van der Waals surface area contributed by atoms with Gasteiger partial charge < -0.3 is 20.8 Å². The second-order valence-corrected chi connectivity index (χ2v) is 7.27. The molecule has 0 spiro atoms. The number of nitro benzene ring substituents is 1. The minimum Gasteiger partial charge on any atom is -0.396 e. The van der Waals surface area contributed by atoms with Crippen LogP contribution in [-0.2, 0) is 9.84 Å². The van der Waals surface area contributed by atoms with Crippen molar-refractivity contribution in [1.82, 2.24) is 5.32 Å². The topological polar surface area (TPSA) is 142 Å². The van der Waals surface area contributed by atoms with Gasteiger partial charge in [-0.2, -0.15) is 0 Å². The number of sulfone groups is 1. The Hall–Kier alpha value is -1.75. The number of hydrogen-bond donors (Lipinski definition) is 4. The first-order valence-corrected chi connectivity index (χ1v) is 9.15. The zero-order valence-electron chi connectivity index (χ0n) is 13.4. The summed E-state index contributed by atoms with van der Waals surface area (Å²) < 4.78 is 24.4. The number of non-ortho nitro benzene ring substituents is 1. The number of aliphatic hydroxyl groups excluding tert-OH is 2. The van der Waals surface area contributed by atoms with Gasteiger partial charge in [-0.3, -0.25) is 10.1 Å². The lowest BCUT2D eigenvalue weighted by molar-refractivity contribution is -0.385. The van der Waals surface area contributed by atoms with Crippen LogP contribution in [0.5, 0.6) is 0 Å². The molecule has 0 aliphatic rings. The van der Waals surface area contributed by atoms with E-state index >= 15 is 0 Å². The maximum Gasteiger partial charge on any atom is 0.270 e. The monoisotopic (exact) mass is 361 g/mol. The van der Waals surface area contributed by atoms with E-state index in [0.29, 0.717) is 19.4 Å². The second-order valence-electron chi connectivity index (χ2n) is 5.19. The third kappa shape index (κ3) is 5.71. The van der Waals surface area contributed by atoms with Crippen molar-refractivity contribution in [1.29, 1.82) is 0 Å². The molecule has 0 radical (unpaired) electrons. The summed E-state index contributed by atoms with van der Waals surface area (Å²) in [6.45, 7) is -0.104. The molecule has 0 aromatic heterocycles. The SMILES string of the molecule is CNC(CCO)CCNc1ccc([N+](=O)[O-])cc1S(=O)(=O)CCO. The normalized spacial score (nSPS) is 12.8. The van der Waals surface area contributed by atoms with Crippen LogP contribution in [0.4, 0.5) is 11.4 Å². The van der Waals surface area contributed by atoms with Crippen LogP contribution in [-0.4, -0.2) is 62.2 Å². The highest BCUT2D eigenvalue weighted by atomic mass is 32.2. The van der Waals surface area contributed by atoms with Crippen molar-refractivity contribution in [2.24, 2.45) is 0 Å². The summed E-state index contributed by atoms with van der Waals surface area (Å²) in [6.07, 6.45) is 1.20. The Balaban J connectivity index is 2.99. The lowest BCUT2D eigenvalue weighted by atomic mass is 10.1. The number of nitrogens with zero attached hydrogens (tertiary/aromatic N) is 1. The van der Waals surface area contributed by atoms with Crippen molar-refractivity contribution >= 4 is 21.2 Å². The van der Waals surface area contributed by atoms with Gasteiger partial charge in [-0.25, -0.2) is 8.42 Å². The first-order chi connectivity index (χ1) is 11.4. The maximum absolute atomic E-state index is 12.2. The van der Waals surface area contributed by atoms with Crippen LogP contribution < -0.4 is 10.6 Å². The van der Waals surface area contributed by atoms with Gasteiger partial charge in [0.2, 0.25) is 0 Å². The molecular formula is C14H23N3O6S. The predicted octanol–water partition coefficient (Wildman–Crippen LogP) is 0.133. The van der Waals surface area contributed by atoms with Gasteiger partial charge in [0.1, 0.15) is 0 Å². The van der Waals surface area contributed by atoms with E-state index < -0.39 is 27.1 Å². The highest BCUT2D eigenvalue weighted by molar-refractivity contribution is 7.91. The summed E-state index contributed by atoms with van der Waals surface area (Å²) in [5, 5.41) is 34.7. The van der Waals surface area contributed by atoms with E-state index in [0.717, 1.165) is 6.07 Å². The van der Waals surface area contributed by atoms with Crippen molar-refractivity contribution in [3.05, 3.63) is 28.3 Å². The van der Waals surface area contributed by atoms with E-state index in [1.54, 1.807) is 7.05 Å². The maximum atomic E-state index is 12.2. The van der Waals surface area contributed by atoms with Crippen LogP contribution in [0.25, 0.3) is 0 Å². The highest BCUT2D eigenvalue weighted by Crippen LogP contribution is 2.27. The van der Waals surface area contributed by atoms with E-state index in [2.05, 4.69) is 10.6 Å². The Morgan fingerprint density at radius 2 is 1.96 bits per heavy atom. The zero-order valence-corrected chi connectivity index (χ0v) is 14.3. The van der Waals surface area contributed by atoms with Crippen LogP contribution in [0, 0.1) is 10.1 Å². The number of aliphatic hydroxyl groups is 2. The minimum absolute atomic E-state index is 0.0408. The molecule has 0 heterocycles. The lowest BCUT2D eigenvalue weighted by Gasteiger charge is -2.17. The molecule has 9 nitrogen and oxygen atoms in total. The van der Waals surface area contributed by atoms with Crippen molar-refractivity contribution in [3.8, 4) is 0 Å². The molecule has 0 saturated heterocycles. The summed E-state index contributed by atoms with van der Waals surface area (Å²) in [5.41, 5.74) is -0.0710. The molecular weight excluding hydrogens is 338 g/mol. The predicted molar refractivity (Wildman–Crippen MR) is 89.9 cm³/mol. The average Bonchev–Trinajstić information content (AvgIpc) is 2.53. The Morgan fingerprint density at radius 3 is 2.50 bits per heavy atom. The first kappa shape index (κ1) is 20.3. The Morgan fingerprint density at radius 1 is 1.25 bits per heavy atom. The van der Waals surface area contributed by atoms with Crippen molar-refractivity contribution in [3.63, 3.8) is 0 Å². The molecule has 10 heteroatoms. The van der Waals surface area contributed by atoms with Gasteiger partial charge in [0.05, 0.1) is 27.9 Å². The molecule has 0 bridgehead atoms. The van der Waals surface area contributed by atoms with Crippen molar-refractivity contribution in [2.45, 2.75) is 23.8 Å². The molecule has 0 amide bonds. The summed E-state index contributed by atoms with van der Waals surface area (Å²) in [4.78, 5) is 10.0. The minimum atomic E-state index is -3.84. The molecule has 24 heavy (non-hydrogen) atoms. The average molecular weight is 361 g/mol. The van der Waals surface area contributed by atoms with Gasteiger partial charge in [-0.1, -0.05) is 0 Å². The first-order valence-electron chi connectivity index (χ1n) is 7.49. The Labute approximate surface area is 140 Å². The Bertz CT molecular complexity index is 650. The van der Waals surface area contributed by atoms with Crippen molar-refractivity contribution < 1.29 is 23.6 Å². The number of anilines is 1. The standard InChI is InChI=1S/C14H23N3O6S/c1-15-11(5-7-18)4-6-16-13-3-2-12(17(20)21)10-14(13)24(22,23)9-8-19/h2-3,10-11,15-16,18-19H,4-9H2,1H3. The third-order valence-electron chi connectivity index (χ3n) is 3.57. The number of nitro groups is 1. The molecule has 1 atom stereocenters. The summed E-state index contributed by atoms with van der Waals surface area (Å²) >= 11 is 0. The molecule has 4 N–H and O–H groups in total. The van der Waals surface area contributed by atoms with E-state index in [1.807, 2.05) is 0 Å². The van der Waals surface area contributed by atoms with E-state index in [1.165, 1.54) is 12.1 Å². The molecule has 0 fully saturated rings. The van der Waals surface area contributed by atoms with E-state index in [9.17, 15) is 18.5 Å². The molecule has 1 unspecified atom stereocenters. The molecule has 136 valence electrons. The fourth-order valence-electron chi connectivity index (χ4n) is 2.23. The number of rotatable bonds is 11. The van der Waals surface area contributed by atoms with Gasteiger partial charge in [-0.15, -0.1) is 0 Å². The molecule has 0 saturated carbocycles. The van der Waals surface area contributed by atoms with Crippen LogP contribution in [0.3, 0.4) is 0 Å². The van der Waals surface area contributed by atoms with E-state index in [-0.39, 0.29) is 28.9 Å². The largest absolute Gasteiger partial charge is 0.396 e. The summed E-state index contributed by atoms with van der Waals surface area (Å²) in [6, 6.07) is 3.64. The molecule has 1 aromatic carbocycles. The van der Waals surface area contributed by atoms with Gasteiger partial charge in [0.15, 0.2) is 9.84 Å². The Kier molecular flexibility index (Phi) is 8.05. The van der Waals surface area contributed by atoms with Crippen molar-refractivity contribution in [2.75, 3.05) is 37.9 Å². The lowest BCUT2D eigenvalue weighted by Crippen LogP contribution is -2.28. The third-order valence-corrected chi connectivity index (χ3v) is 5.29. The van der Waals surface area contributed by atoms with Crippen LogP contribution in [0.2, 0.25) is 0 Å². The number of nitrogens with one attached hydrogen (secondary N) is 2. The summed E-state index contributed by atoms with van der Waals surface area (Å²) in [7, 11) is -2.07. The van der Waals surface area contributed by atoms with Crippen LogP contribution in [0.1, 0.15) is 12.8 Å². The van der Waals surface area contributed by atoms with Gasteiger partial charge in [-0.05, 0) is 26.0 Å². The fraction of sp³-hybridized carbons (Fsp3) is 0.571. The van der Waals surface area contributed by atoms with Gasteiger partial charge >= 0.3 is 0 Å². The highest BCUT2D eigenvalue weighted by Gasteiger charge is 2.22. The van der Waals surface area contributed by atoms with Gasteiger partial charge in [0.25, 0.3) is 5.69 Å². The fourth-order valence-corrected chi connectivity index (χ4v) is 3.46. The second kappa shape index (κ2) is 9.52. The zero-order chi connectivity index (χ0) is 18.2. The molecule has 1 aromatic rings. The van der Waals surface area contributed by atoms with Crippen LogP contribution >= 0.6 is 0 Å². The number of hydrogen-bond acceptors (Lipinski definition) is 8. The van der Waals surface area contributed by atoms with Gasteiger partial charge in [0, 0.05) is 31.3 Å². The van der Waals surface area contributed by atoms with E-state index in [4.69, 9.17) is 10.2 Å². The van der Waals surface area contributed by atoms with Crippen LogP contribution in [0.15, 0.2) is 23.1 Å². The molecule has 1 rings (SSSR count). The summed E-state index contributed by atoms with van der Waals surface area (Å²) in [5.74, 6) is -0.507. The molecule has 0 aliphatic heterocycles. The smallest absolute Gasteiger partial charge is 0.270 e.